The summed E-state index contributed by atoms with van der Waals surface area (Å²) in [5.74, 6) is -0.154. The third-order valence-electron chi connectivity index (χ3n) is 4.56. The maximum Gasteiger partial charge on any atom is 0.131 e. The van der Waals surface area contributed by atoms with Crippen molar-refractivity contribution in [1.29, 1.82) is 0 Å². The van der Waals surface area contributed by atoms with Gasteiger partial charge in [0.1, 0.15) is 5.82 Å². The van der Waals surface area contributed by atoms with Gasteiger partial charge >= 0.3 is 0 Å². The Morgan fingerprint density at radius 3 is 2.05 bits per heavy atom. The van der Waals surface area contributed by atoms with E-state index < -0.39 is 0 Å². The molecule has 0 aliphatic heterocycles. The summed E-state index contributed by atoms with van der Waals surface area (Å²) in [6.07, 6.45) is 0. The SMILES string of the molecule is CNC(C)c1ccc(F)c(-c2c(C)c(C)cc(C)c2C)c1. The van der Waals surface area contributed by atoms with Gasteiger partial charge in [-0.25, -0.2) is 4.39 Å². The molecular weight excluding hydrogens is 261 g/mol. The lowest BCUT2D eigenvalue weighted by Crippen LogP contribution is -2.12. The minimum Gasteiger partial charge on any atom is -0.313 e. The van der Waals surface area contributed by atoms with Gasteiger partial charge < -0.3 is 5.32 Å². The lowest BCUT2D eigenvalue weighted by atomic mass is 9.88. The number of hydrogen-bond acceptors (Lipinski definition) is 1. The number of halogens is 1. The van der Waals surface area contributed by atoms with Gasteiger partial charge in [0.15, 0.2) is 0 Å². The summed E-state index contributed by atoms with van der Waals surface area (Å²) in [6, 6.07) is 7.79. The van der Waals surface area contributed by atoms with Gasteiger partial charge in [-0.05, 0) is 87.2 Å². The zero-order valence-corrected chi connectivity index (χ0v) is 13.8. The fraction of sp³-hybridized carbons (Fsp3) is 0.368. The van der Waals surface area contributed by atoms with Crippen LogP contribution in [0, 0.1) is 33.5 Å². The van der Waals surface area contributed by atoms with Gasteiger partial charge in [0.25, 0.3) is 0 Å². The summed E-state index contributed by atoms with van der Waals surface area (Å²) in [5, 5.41) is 3.21. The van der Waals surface area contributed by atoms with E-state index in [1.807, 2.05) is 19.2 Å². The highest BCUT2D eigenvalue weighted by molar-refractivity contribution is 5.74. The van der Waals surface area contributed by atoms with Crippen molar-refractivity contribution in [3.63, 3.8) is 0 Å². The molecule has 0 bridgehead atoms. The Balaban J connectivity index is 2.72. The van der Waals surface area contributed by atoms with E-state index >= 15 is 0 Å². The molecule has 21 heavy (non-hydrogen) atoms. The lowest BCUT2D eigenvalue weighted by Gasteiger charge is -2.18. The molecule has 0 radical (unpaired) electrons. The van der Waals surface area contributed by atoms with Gasteiger partial charge in [-0.3, -0.25) is 0 Å². The zero-order valence-electron chi connectivity index (χ0n) is 13.8. The minimum absolute atomic E-state index is 0.154. The Hall–Kier alpha value is -1.67. The Bertz CT molecular complexity index is 648. The molecule has 112 valence electrons. The van der Waals surface area contributed by atoms with Crippen LogP contribution in [0.1, 0.15) is 40.8 Å². The largest absolute Gasteiger partial charge is 0.313 e. The summed E-state index contributed by atoms with van der Waals surface area (Å²) >= 11 is 0. The molecule has 1 unspecified atom stereocenters. The van der Waals surface area contributed by atoms with E-state index in [1.54, 1.807) is 6.07 Å². The highest BCUT2D eigenvalue weighted by Gasteiger charge is 2.16. The van der Waals surface area contributed by atoms with Crippen LogP contribution in [0.5, 0.6) is 0 Å². The molecule has 0 aliphatic rings. The van der Waals surface area contributed by atoms with Crippen molar-refractivity contribution in [2.24, 2.45) is 0 Å². The van der Waals surface area contributed by atoms with E-state index in [4.69, 9.17) is 0 Å². The highest BCUT2D eigenvalue weighted by Crippen LogP contribution is 2.34. The number of nitrogens with one attached hydrogen (secondary N) is 1. The summed E-state index contributed by atoms with van der Waals surface area (Å²) in [4.78, 5) is 0. The van der Waals surface area contributed by atoms with Gasteiger partial charge in [-0.2, -0.15) is 0 Å². The quantitative estimate of drug-likeness (QED) is 0.836. The van der Waals surface area contributed by atoms with Crippen LogP contribution in [-0.2, 0) is 0 Å². The van der Waals surface area contributed by atoms with Crippen LogP contribution in [0.2, 0.25) is 0 Å². The van der Waals surface area contributed by atoms with Crippen LogP contribution in [0.3, 0.4) is 0 Å². The van der Waals surface area contributed by atoms with E-state index in [1.165, 1.54) is 11.1 Å². The van der Waals surface area contributed by atoms with Crippen LogP contribution in [0.25, 0.3) is 11.1 Å². The van der Waals surface area contributed by atoms with Gasteiger partial charge in [-0.1, -0.05) is 12.1 Å². The van der Waals surface area contributed by atoms with Crippen LogP contribution < -0.4 is 5.32 Å². The summed E-state index contributed by atoms with van der Waals surface area (Å²) < 4.78 is 14.4. The lowest BCUT2D eigenvalue weighted by molar-refractivity contribution is 0.622. The third kappa shape index (κ3) is 2.86. The molecule has 2 aromatic carbocycles. The Labute approximate surface area is 127 Å². The molecule has 0 aromatic heterocycles. The number of rotatable bonds is 3. The predicted octanol–water partition coefficient (Wildman–Crippen LogP) is 5.01. The van der Waals surface area contributed by atoms with Crippen molar-refractivity contribution < 1.29 is 4.39 Å². The summed E-state index contributed by atoms with van der Waals surface area (Å²) in [7, 11) is 1.92. The van der Waals surface area contributed by atoms with Crippen molar-refractivity contribution >= 4 is 0 Å². The monoisotopic (exact) mass is 285 g/mol. The van der Waals surface area contributed by atoms with Crippen molar-refractivity contribution in [1.82, 2.24) is 5.32 Å². The molecule has 1 N–H and O–H groups in total. The predicted molar refractivity (Wildman–Crippen MR) is 88.3 cm³/mol. The first-order chi connectivity index (χ1) is 9.86. The summed E-state index contributed by atoms with van der Waals surface area (Å²) in [5.41, 5.74) is 7.58. The van der Waals surface area contributed by atoms with Crippen LogP contribution in [0.15, 0.2) is 24.3 Å². The molecule has 0 aliphatic carbocycles. The molecule has 2 rings (SSSR count). The molecule has 0 spiro atoms. The van der Waals surface area contributed by atoms with Gasteiger partial charge in [-0.15, -0.1) is 0 Å². The molecule has 0 fully saturated rings. The average molecular weight is 285 g/mol. The molecule has 1 atom stereocenters. The van der Waals surface area contributed by atoms with Gasteiger partial charge in [0.05, 0.1) is 0 Å². The Kier molecular flexibility index (Phi) is 4.48. The fourth-order valence-electron chi connectivity index (χ4n) is 2.79. The molecule has 2 heteroatoms. The normalized spacial score (nSPS) is 12.5. The van der Waals surface area contributed by atoms with Crippen molar-refractivity contribution in [2.75, 3.05) is 7.05 Å². The minimum atomic E-state index is -0.154. The fourth-order valence-corrected chi connectivity index (χ4v) is 2.79. The molecule has 0 amide bonds. The molecule has 2 aromatic rings. The molecule has 0 saturated heterocycles. The highest BCUT2D eigenvalue weighted by atomic mass is 19.1. The number of benzene rings is 2. The number of aryl methyl sites for hydroxylation is 2. The van der Waals surface area contributed by atoms with E-state index in [9.17, 15) is 4.39 Å². The molecule has 0 saturated carbocycles. The maximum atomic E-state index is 14.4. The van der Waals surface area contributed by atoms with Crippen molar-refractivity contribution in [3.05, 3.63) is 57.9 Å². The van der Waals surface area contributed by atoms with E-state index in [2.05, 4.69) is 46.0 Å². The Morgan fingerprint density at radius 1 is 0.952 bits per heavy atom. The van der Waals surface area contributed by atoms with Crippen LogP contribution >= 0.6 is 0 Å². The van der Waals surface area contributed by atoms with E-state index in [0.29, 0.717) is 5.56 Å². The second-order valence-corrected chi connectivity index (χ2v) is 5.89. The number of hydrogen-bond donors (Lipinski definition) is 1. The zero-order chi connectivity index (χ0) is 15.7. The first-order valence-electron chi connectivity index (χ1n) is 7.41. The first-order valence-corrected chi connectivity index (χ1v) is 7.41. The van der Waals surface area contributed by atoms with Crippen molar-refractivity contribution in [3.8, 4) is 11.1 Å². The van der Waals surface area contributed by atoms with E-state index in [0.717, 1.165) is 22.3 Å². The second-order valence-electron chi connectivity index (χ2n) is 5.89. The average Bonchev–Trinajstić information content (AvgIpc) is 2.46. The van der Waals surface area contributed by atoms with Crippen molar-refractivity contribution in [2.45, 2.75) is 40.7 Å². The standard InChI is InChI=1S/C19H24FN/c1-11-9-12(2)14(4)19(13(11)3)17-10-16(15(5)21-6)7-8-18(17)20/h7-10,15,21H,1-6H3. The molecule has 1 nitrogen and oxygen atoms in total. The summed E-state index contributed by atoms with van der Waals surface area (Å²) in [6.45, 7) is 10.4. The first kappa shape index (κ1) is 15.7. The third-order valence-corrected chi connectivity index (χ3v) is 4.56. The van der Waals surface area contributed by atoms with Gasteiger partial charge in [0.2, 0.25) is 0 Å². The van der Waals surface area contributed by atoms with Crippen LogP contribution in [-0.4, -0.2) is 7.05 Å². The van der Waals surface area contributed by atoms with Crippen LogP contribution in [0.4, 0.5) is 4.39 Å². The second kappa shape index (κ2) is 5.98. The maximum absolute atomic E-state index is 14.4. The topological polar surface area (TPSA) is 12.0 Å². The Morgan fingerprint density at radius 2 is 1.52 bits per heavy atom. The van der Waals surface area contributed by atoms with Gasteiger partial charge in [0, 0.05) is 11.6 Å². The molecular formula is C19H24FN. The molecule has 0 heterocycles. The van der Waals surface area contributed by atoms with E-state index in [-0.39, 0.29) is 11.9 Å². The smallest absolute Gasteiger partial charge is 0.131 e.